The normalized spacial score (nSPS) is 42.3. The summed E-state index contributed by atoms with van der Waals surface area (Å²) in [4.78, 5) is 0. The molecule has 2 rings (SSSR count). The Kier molecular flexibility index (Phi) is 1.50. The molecule has 1 aliphatic carbocycles. The lowest BCUT2D eigenvalue weighted by Crippen LogP contribution is -2.08. The van der Waals surface area contributed by atoms with E-state index in [0.29, 0.717) is 0 Å². The molecule has 0 bridgehead atoms. The van der Waals surface area contributed by atoms with E-state index >= 15 is 0 Å². The van der Waals surface area contributed by atoms with E-state index in [4.69, 9.17) is 0 Å². The molecule has 0 saturated heterocycles. The molecule has 0 fully saturated rings. The van der Waals surface area contributed by atoms with Crippen LogP contribution in [0.25, 0.3) is 0 Å². The molecule has 0 saturated carbocycles. The van der Waals surface area contributed by atoms with Gasteiger partial charge in [-0.25, -0.2) is 0 Å². The summed E-state index contributed by atoms with van der Waals surface area (Å²) in [5.74, 6) is 3.10. The van der Waals surface area contributed by atoms with Crippen molar-refractivity contribution < 1.29 is 0 Å². The first kappa shape index (κ1) is 6.37. The zero-order valence-electron chi connectivity index (χ0n) is 6.07. The third-order valence-electron chi connectivity index (χ3n) is 2.16. The van der Waals surface area contributed by atoms with Crippen molar-refractivity contribution in [1.29, 1.82) is 0 Å². The summed E-state index contributed by atoms with van der Waals surface area (Å²) in [5, 5.41) is 0. The SMILES string of the molecule is C[P@@]1C=C[C@H]2C=CC=C[C@H]21. The molecule has 1 aliphatic heterocycles. The van der Waals surface area contributed by atoms with Crippen molar-refractivity contribution in [3.05, 3.63) is 36.2 Å². The zero-order valence-corrected chi connectivity index (χ0v) is 6.96. The molecule has 2 aliphatic rings. The van der Waals surface area contributed by atoms with Gasteiger partial charge in [0.1, 0.15) is 0 Å². The van der Waals surface area contributed by atoms with Crippen LogP contribution in [-0.2, 0) is 0 Å². The van der Waals surface area contributed by atoms with E-state index in [1.165, 1.54) is 0 Å². The van der Waals surface area contributed by atoms with Gasteiger partial charge < -0.3 is 0 Å². The van der Waals surface area contributed by atoms with E-state index < -0.39 is 0 Å². The molecule has 0 amide bonds. The highest BCUT2D eigenvalue weighted by Crippen LogP contribution is 2.50. The van der Waals surface area contributed by atoms with Crippen LogP contribution >= 0.6 is 7.92 Å². The number of allylic oxidation sites excluding steroid dienone is 5. The smallest absolute Gasteiger partial charge is 0.0103 e. The molecule has 0 unspecified atom stereocenters. The van der Waals surface area contributed by atoms with Crippen LogP contribution in [0.15, 0.2) is 36.2 Å². The Labute approximate surface area is 63.1 Å². The Morgan fingerprint density at radius 1 is 1.10 bits per heavy atom. The second kappa shape index (κ2) is 2.36. The van der Waals surface area contributed by atoms with E-state index in [2.05, 4.69) is 42.9 Å². The maximum Gasteiger partial charge on any atom is 0.0103 e. The second-order valence-corrected chi connectivity index (χ2v) is 5.07. The highest BCUT2D eigenvalue weighted by atomic mass is 31.1. The molecule has 3 atom stereocenters. The van der Waals surface area contributed by atoms with E-state index in [9.17, 15) is 0 Å². The maximum atomic E-state index is 2.38. The van der Waals surface area contributed by atoms with Crippen LogP contribution in [0.1, 0.15) is 0 Å². The van der Waals surface area contributed by atoms with Gasteiger partial charge in [0.05, 0.1) is 0 Å². The number of hydrogen-bond acceptors (Lipinski definition) is 0. The fraction of sp³-hybridized carbons (Fsp3) is 0.333. The van der Waals surface area contributed by atoms with E-state index in [1.807, 2.05) is 0 Å². The summed E-state index contributed by atoms with van der Waals surface area (Å²) in [6.07, 6.45) is 11.3. The Morgan fingerprint density at radius 2 is 1.90 bits per heavy atom. The van der Waals surface area contributed by atoms with Gasteiger partial charge >= 0.3 is 0 Å². The summed E-state index contributed by atoms with van der Waals surface area (Å²) in [6, 6.07) is 0. The van der Waals surface area contributed by atoms with Crippen molar-refractivity contribution >= 4 is 7.92 Å². The largest absolute Gasteiger partial charge is 0.0788 e. The molecule has 0 aromatic rings. The van der Waals surface area contributed by atoms with Crippen LogP contribution in [0.2, 0.25) is 0 Å². The first-order valence-electron chi connectivity index (χ1n) is 3.63. The molecule has 0 aromatic carbocycles. The Bertz CT molecular complexity index is 213. The Morgan fingerprint density at radius 3 is 2.70 bits per heavy atom. The molecular weight excluding hydrogens is 139 g/mol. The van der Waals surface area contributed by atoms with E-state index in [-0.39, 0.29) is 7.92 Å². The van der Waals surface area contributed by atoms with Crippen LogP contribution < -0.4 is 0 Å². The second-order valence-electron chi connectivity index (χ2n) is 2.84. The summed E-state index contributed by atoms with van der Waals surface area (Å²) in [6.45, 7) is 2.35. The van der Waals surface area contributed by atoms with Gasteiger partial charge in [-0.3, -0.25) is 0 Å². The summed E-state index contributed by atoms with van der Waals surface area (Å²) in [5.41, 5.74) is 0.819. The van der Waals surface area contributed by atoms with Crippen molar-refractivity contribution in [2.24, 2.45) is 5.92 Å². The number of fused-ring (bicyclic) bond motifs is 1. The van der Waals surface area contributed by atoms with Gasteiger partial charge in [0, 0.05) is 11.6 Å². The molecular formula is C9H11P. The highest BCUT2D eigenvalue weighted by molar-refractivity contribution is 7.61. The number of rotatable bonds is 0. The first-order valence-corrected chi connectivity index (χ1v) is 5.56. The molecule has 0 aromatic heterocycles. The standard InChI is InChI=1S/C9H11P/c1-10-7-6-8-4-2-3-5-9(8)10/h2-9H,1H3/t8-,9-,10+/m1/s1. The van der Waals surface area contributed by atoms with Crippen molar-refractivity contribution in [2.75, 3.05) is 6.66 Å². The average Bonchev–Trinajstić information content (AvgIpc) is 2.34. The quantitative estimate of drug-likeness (QED) is 0.466. The molecule has 10 heavy (non-hydrogen) atoms. The molecule has 0 radical (unpaired) electrons. The van der Waals surface area contributed by atoms with Gasteiger partial charge in [-0.1, -0.05) is 44.1 Å². The lowest BCUT2D eigenvalue weighted by Gasteiger charge is -2.18. The highest BCUT2D eigenvalue weighted by Gasteiger charge is 2.24. The minimum absolute atomic E-state index is 0.159. The lowest BCUT2D eigenvalue weighted by molar-refractivity contribution is 0.849. The summed E-state index contributed by atoms with van der Waals surface area (Å²) in [7, 11) is 0.159. The van der Waals surface area contributed by atoms with Gasteiger partial charge in [0.25, 0.3) is 0 Å². The Balaban J connectivity index is 2.26. The fourth-order valence-electron chi connectivity index (χ4n) is 1.53. The predicted octanol–water partition coefficient (Wildman–Crippen LogP) is 2.74. The van der Waals surface area contributed by atoms with E-state index in [0.717, 1.165) is 11.6 Å². The van der Waals surface area contributed by atoms with Crippen molar-refractivity contribution in [3.8, 4) is 0 Å². The van der Waals surface area contributed by atoms with Crippen molar-refractivity contribution in [3.63, 3.8) is 0 Å². The van der Waals surface area contributed by atoms with Gasteiger partial charge in [0.2, 0.25) is 0 Å². The van der Waals surface area contributed by atoms with Crippen LogP contribution in [0.5, 0.6) is 0 Å². The van der Waals surface area contributed by atoms with Gasteiger partial charge in [-0.15, -0.1) is 0 Å². The molecule has 0 N–H and O–H groups in total. The first-order chi connectivity index (χ1) is 4.88. The average molecular weight is 150 g/mol. The molecule has 1 heterocycles. The maximum absolute atomic E-state index is 2.38. The molecule has 0 nitrogen and oxygen atoms in total. The monoisotopic (exact) mass is 150 g/mol. The molecule has 0 spiro atoms. The topological polar surface area (TPSA) is 0 Å². The van der Waals surface area contributed by atoms with Gasteiger partial charge in [-0.2, -0.15) is 0 Å². The van der Waals surface area contributed by atoms with Crippen LogP contribution in [0.4, 0.5) is 0 Å². The number of hydrogen-bond donors (Lipinski definition) is 0. The van der Waals surface area contributed by atoms with Crippen molar-refractivity contribution in [2.45, 2.75) is 5.66 Å². The summed E-state index contributed by atoms with van der Waals surface area (Å²) >= 11 is 0. The predicted molar refractivity (Wildman–Crippen MR) is 47.5 cm³/mol. The van der Waals surface area contributed by atoms with Crippen LogP contribution in [0.3, 0.4) is 0 Å². The van der Waals surface area contributed by atoms with E-state index in [1.54, 1.807) is 0 Å². The van der Waals surface area contributed by atoms with Crippen LogP contribution in [-0.4, -0.2) is 12.3 Å². The minimum Gasteiger partial charge on any atom is -0.0788 e. The molecule has 52 valence electrons. The molecule has 1 heteroatoms. The van der Waals surface area contributed by atoms with Crippen molar-refractivity contribution in [1.82, 2.24) is 0 Å². The van der Waals surface area contributed by atoms with Gasteiger partial charge in [-0.05, 0) is 6.66 Å². The third kappa shape index (κ3) is 0.876. The third-order valence-corrected chi connectivity index (χ3v) is 4.26. The lowest BCUT2D eigenvalue weighted by atomic mass is 10.0. The zero-order chi connectivity index (χ0) is 6.97. The Hall–Kier alpha value is -0.350. The summed E-state index contributed by atoms with van der Waals surface area (Å²) < 4.78 is 0. The minimum atomic E-state index is 0.159. The van der Waals surface area contributed by atoms with Gasteiger partial charge in [0.15, 0.2) is 0 Å². The van der Waals surface area contributed by atoms with Crippen LogP contribution in [0, 0.1) is 5.92 Å². The fourth-order valence-corrected chi connectivity index (χ4v) is 3.31.